The first-order chi connectivity index (χ1) is 16.6. The van der Waals surface area contributed by atoms with Gasteiger partial charge in [0, 0.05) is 23.2 Å². The average molecular weight is 511 g/mol. The molecule has 2 N–H and O–H groups in total. The highest BCUT2D eigenvalue weighted by Gasteiger charge is 2.47. The summed E-state index contributed by atoms with van der Waals surface area (Å²) < 4.78 is 26.4. The number of amides is 2. The fourth-order valence-corrected chi connectivity index (χ4v) is 4.96. The Morgan fingerprint density at radius 3 is 2.11 bits per heavy atom. The number of carbonyl (C=O) groups is 3. The summed E-state index contributed by atoms with van der Waals surface area (Å²) in [5.74, 6) is -2.86. The van der Waals surface area contributed by atoms with Crippen molar-refractivity contribution in [2.24, 2.45) is 0 Å². The van der Waals surface area contributed by atoms with Gasteiger partial charge in [-0.2, -0.15) is 0 Å². The van der Waals surface area contributed by atoms with Crippen molar-refractivity contribution in [3.63, 3.8) is 0 Å². The molecule has 3 aromatic carbocycles. The zero-order chi connectivity index (χ0) is 25.3. The van der Waals surface area contributed by atoms with Gasteiger partial charge in [0.2, 0.25) is 5.91 Å². The number of carbonyl (C=O) groups excluding carboxylic acids is 3. The number of rotatable bonds is 5. The summed E-state index contributed by atoms with van der Waals surface area (Å²) in [6.45, 7) is 1.07. The number of hydrogen-bond acceptors (Lipinski definition) is 6. The van der Waals surface area contributed by atoms with Crippen molar-refractivity contribution in [1.29, 1.82) is 0 Å². The van der Waals surface area contributed by atoms with E-state index in [-0.39, 0.29) is 21.9 Å². The van der Waals surface area contributed by atoms with Crippen LogP contribution >= 0.6 is 11.6 Å². The molecular formula is C25H19ClN2O6S. The van der Waals surface area contributed by atoms with E-state index in [4.69, 9.17) is 11.6 Å². The second-order valence-corrected chi connectivity index (χ2v) is 9.86. The van der Waals surface area contributed by atoms with Crippen LogP contribution in [0, 0.1) is 0 Å². The highest BCUT2D eigenvalue weighted by Crippen LogP contribution is 2.42. The highest BCUT2D eigenvalue weighted by molar-refractivity contribution is 7.90. The van der Waals surface area contributed by atoms with E-state index in [1.165, 1.54) is 29.2 Å². The van der Waals surface area contributed by atoms with Crippen molar-refractivity contribution >= 4 is 50.7 Å². The van der Waals surface area contributed by atoms with Crippen molar-refractivity contribution in [3.05, 3.63) is 101 Å². The van der Waals surface area contributed by atoms with Crippen LogP contribution in [0.2, 0.25) is 5.02 Å². The quantitative estimate of drug-likeness (QED) is 0.306. The lowest BCUT2D eigenvalue weighted by Gasteiger charge is -2.25. The Balaban J connectivity index is 1.86. The average Bonchev–Trinajstić information content (AvgIpc) is 3.09. The molecule has 178 valence electrons. The molecule has 1 heterocycles. The van der Waals surface area contributed by atoms with Crippen molar-refractivity contribution < 1.29 is 27.9 Å². The van der Waals surface area contributed by atoms with E-state index < -0.39 is 33.7 Å². The van der Waals surface area contributed by atoms with Crippen molar-refractivity contribution in [2.75, 3.05) is 4.90 Å². The minimum atomic E-state index is -4.09. The fourth-order valence-electron chi connectivity index (χ4n) is 3.84. The number of halogens is 1. The summed E-state index contributed by atoms with van der Waals surface area (Å²) in [5, 5.41) is 11.5. The van der Waals surface area contributed by atoms with Crippen LogP contribution in [0.3, 0.4) is 0 Å². The standard InChI is InChI=1S/C25H19ClN2O6S/c1-15(29)27-35(33,34)20-13-11-19(12-14-20)28-22(16-7-9-18(26)10-8-16)21(24(31)25(28)32)23(30)17-5-3-2-4-6-17/h2-14,22,30H,1H3,(H,27,29). The molecule has 0 aliphatic carbocycles. The SMILES string of the molecule is CC(=O)NS(=O)(=O)c1ccc(N2C(=O)C(=O)C(=C(O)c3ccccc3)C2c2ccc(Cl)cc2)cc1. The van der Waals surface area contributed by atoms with Crippen molar-refractivity contribution in [1.82, 2.24) is 4.72 Å². The first kappa shape index (κ1) is 24.2. The fraction of sp³-hybridized carbons (Fsp3) is 0.0800. The smallest absolute Gasteiger partial charge is 0.300 e. The Hall–Kier alpha value is -3.95. The molecule has 1 fully saturated rings. The van der Waals surface area contributed by atoms with E-state index in [9.17, 15) is 27.9 Å². The number of anilines is 1. The molecule has 0 radical (unpaired) electrons. The van der Waals surface area contributed by atoms with Crippen LogP contribution in [0.25, 0.3) is 5.76 Å². The molecule has 8 nitrogen and oxygen atoms in total. The van der Waals surface area contributed by atoms with Gasteiger partial charge in [-0.25, -0.2) is 13.1 Å². The lowest BCUT2D eigenvalue weighted by molar-refractivity contribution is -0.132. The third kappa shape index (κ3) is 4.68. The van der Waals surface area contributed by atoms with Gasteiger partial charge in [-0.05, 0) is 42.0 Å². The Bertz CT molecular complexity index is 1450. The number of ketones is 1. The van der Waals surface area contributed by atoms with E-state index in [0.717, 1.165) is 6.92 Å². The first-order valence-electron chi connectivity index (χ1n) is 10.4. The number of sulfonamides is 1. The molecule has 10 heteroatoms. The molecule has 0 spiro atoms. The van der Waals surface area contributed by atoms with Gasteiger partial charge >= 0.3 is 0 Å². The number of aliphatic hydroxyl groups excluding tert-OH is 1. The van der Waals surface area contributed by atoms with Gasteiger partial charge in [0.15, 0.2) is 0 Å². The lowest BCUT2D eigenvalue weighted by Crippen LogP contribution is -2.30. The molecule has 0 aromatic heterocycles. The summed E-state index contributed by atoms with van der Waals surface area (Å²) in [7, 11) is -4.09. The minimum absolute atomic E-state index is 0.113. The number of nitrogens with zero attached hydrogens (tertiary/aromatic N) is 1. The molecular weight excluding hydrogens is 492 g/mol. The Labute approximate surface area is 206 Å². The summed E-state index contributed by atoms with van der Waals surface area (Å²) in [4.78, 5) is 38.5. The van der Waals surface area contributed by atoms with Crippen LogP contribution < -0.4 is 9.62 Å². The monoisotopic (exact) mass is 510 g/mol. The summed E-state index contributed by atoms with van der Waals surface area (Å²) in [5.41, 5.74) is 0.988. The predicted octanol–water partition coefficient (Wildman–Crippen LogP) is 3.79. The molecule has 1 aliphatic heterocycles. The zero-order valence-electron chi connectivity index (χ0n) is 18.3. The second kappa shape index (κ2) is 9.36. The lowest BCUT2D eigenvalue weighted by atomic mass is 9.95. The van der Waals surface area contributed by atoms with Crippen molar-refractivity contribution in [2.45, 2.75) is 17.9 Å². The van der Waals surface area contributed by atoms with E-state index in [1.807, 2.05) is 4.72 Å². The van der Waals surface area contributed by atoms with Crippen LogP contribution in [0.5, 0.6) is 0 Å². The topological polar surface area (TPSA) is 121 Å². The van der Waals surface area contributed by atoms with Gasteiger partial charge in [0.05, 0.1) is 16.5 Å². The van der Waals surface area contributed by atoms with Gasteiger partial charge in [0.1, 0.15) is 5.76 Å². The van der Waals surface area contributed by atoms with Gasteiger partial charge in [-0.3, -0.25) is 19.3 Å². The van der Waals surface area contributed by atoms with Crippen LogP contribution in [0.1, 0.15) is 24.1 Å². The molecule has 2 amide bonds. The third-order valence-electron chi connectivity index (χ3n) is 5.38. The van der Waals surface area contributed by atoms with Crippen LogP contribution in [-0.2, 0) is 24.4 Å². The molecule has 1 unspecified atom stereocenters. The normalized spacial score (nSPS) is 17.4. The summed E-state index contributed by atoms with van der Waals surface area (Å²) >= 11 is 6.02. The largest absolute Gasteiger partial charge is 0.507 e. The predicted molar refractivity (Wildman–Crippen MR) is 130 cm³/mol. The van der Waals surface area contributed by atoms with Crippen LogP contribution in [0.15, 0.2) is 89.3 Å². The third-order valence-corrected chi connectivity index (χ3v) is 7.08. The molecule has 1 aliphatic rings. The van der Waals surface area contributed by atoms with E-state index >= 15 is 0 Å². The number of aliphatic hydroxyl groups is 1. The second-order valence-electron chi connectivity index (χ2n) is 7.74. The van der Waals surface area contributed by atoms with E-state index in [0.29, 0.717) is 16.1 Å². The molecule has 0 bridgehead atoms. The Morgan fingerprint density at radius 1 is 0.943 bits per heavy atom. The maximum Gasteiger partial charge on any atom is 0.300 e. The highest BCUT2D eigenvalue weighted by atomic mass is 35.5. The number of nitrogens with one attached hydrogen (secondary N) is 1. The first-order valence-corrected chi connectivity index (χ1v) is 12.2. The Morgan fingerprint density at radius 2 is 1.54 bits per heavy atom. The van der Waals surface area contributed by atoms with Gasteiger partial charge in [-0.1, -0.05) is 54.1 Å². The maximum absolute atomic E-state index is 13.2. The Kier molecular flexibility index (Phi) is 6.47. The molecule has 1 saturated heterocycles. The number of hydrogen-bond donors (Lipinski definition) is 2. The van der Waals surface area contributed by atoms with E-state index in [1.54, 1.807) is 54.6 Å². The molecule has 1 atom stereocenters. The van der Waals surface area contributed by atoms with E-state index in [2.05, 4.69) is 0 Å². The number of Topliss-reactive ketones (excluding diaryl/α,β-unsaturated/α-hetero) is 1. The number of benzene rings is 3. The maximum atomic E-state index is 13.2. The van der Waals surface area contributed by atoms with Crippen LogP contribution in [-0.4, -0.2) is 31.1 Å². The van der Waals surface area contributed by atoms with Crippen LogP contribution in [0.4, 0.5) is 5.69 Å². The molecule has 0 saturated carbocycles. The minimum Gasteiger partial charge on any atom is -0.507 e. The molecule has 35 heavy (non-hydrogen) atoms. The molecule has 3 aromatic rings. The van der Waals surface area contributed by atoms with Crippen molar-refractivity contribution in [3.8, 4) is 0 Å². The van der Waals surface area contributed by atoms with Gasteiger partial charge < -0.3 is 5.11 Å². The zero-order valence-corrected chi connectivity index (χ0v) is 19.9. The van der Waals surface area contributed by atoms with Gasteiger partial charge in [-0.15, -0.1) is 0 Å². The summed E-state index contributed by atoms with van der Waals surface area (Å²) in [6, 6.07) is 19.0. The van der Waals surface area contributed by atoms with Gasteiger partial charge in [0.25, 0.3) is 21.7 Å². The summed E-state index contributed by atoms with van der Waals surface area (Å²) in [6.07, 6.45) is 0. The molecule has 4 rings (SSSR count).